The van der Waals surface area contributed by atoms with E-state index in [0.29, 0.717) is 18.8 Å². The molecule has 1 heterocycles. The average molecular weight is 363 g/mol. The summed E-state index contributed by atoms with van der Waals surface area (Å²) in [6, 6.07) is 14.9. The highest BCUT2D eigenvalue weighted by Crippen LogP contribution is 2.16. The van der Waals surface area contributed by atoms with E-state index in [1.165, 1.54) is 0 Å². The summed E-state index contributed by atoms with van der Waals surface area (Å²) >= 11 is 0. The van der Waals surface area contributed by atoms with Gasteiger partial charge in [0.1, 0.15) is 5.75 Å². The van der Waals surface area contributed by atoms with E-state index in [-0.39, 0.29) is 25.1 Å². The Morgan fingerprint density at radius 3 is 2.78 bits per heavy atom. The lowest BCUT2D eigenvalue weighted by Crippen LogP contribution is -2.29. The van der Waals surface area contributed by atoms with E-state index < -0.39 is 0 Å². The van der Waals surface area contributed by atoms with Gasteiger partial charge in [0.25, 0.3) is 5.91 Å². The van der Waals surface area contributed by atoms with Gasteiger partial charge in [-0.3, -0.25) is 9.69 Å². The number of amides is 3. The van der Waals surface area contributed by atoms with Gasteiger partial charge in [0.15, 0.2) is 6.61 Å². The second-order valence-electron chi connectivity index (χ2n) is 6.11. The zero-order valence-electron chi connectivity index (χ0n) is 15.1. The maximum absolute atomic E-state index is 11.8. The van der Waals surface area contributed by atoms with Gasteiger partial charge in [0.05, 0.1) is 6.54 Å². The molecule has 0 radical (unpaired) electrons. The maximum Gasteiger partial charge on any atom is 0.321 e. The summed E-state index contributed by atoms with van der Waals surface area (Å²) in [4.78, 5) is 25.1. The number of ether oxygens (including phenoxy) is 1. The van der Waals surface area contributed by atoms with E-state index in [1.807, 2.05) is 55.5 Å². The van der Waals surface area contributed by atoms with Crippen LogP contribution in [0.15, 0.2) is 48.5 Å². The van der Waals surface area contributed by atoms with Crippen molar-refractivity contribution in [3.8, 4) is 17.6 Å². The van der Waals surface area contributed by atoms with Crippen LogP contribution in [0.1, 0.15) is 11.1 Å². The fraction of sp³-hybridized carbons (Fsp3) is 0.238. The first-order valence-corrected chi connectivity index (χ1v) is 8.72. The van der Waals surface area contributed by atoms with Gasteiger partial charge in [0.2, 0.25) is 0 Å². The minimum absolute atomic E-state index is 0.0439. The molecule has 1 fully saturated rings. The van der Waals surface area contributed by atoms with E-state index in [9.17, 15) is 9.59 Å². The van der Waals surface area contributed by atoms with Gasteiger partial charge in [-0.05, 0) is 48.9 Å². The van der Waals surface area contributed by atoms with Crippen molar-refractivity contribution in [3.05, 3.63) is 59.7 Å². The monoisotopic (exact) mass is 363 g/mol. The number of aryl methyl sites for hydroxylation is 1. The summed E-state index contributed by atoms with van der Waals surface area (Å²) < 4.78 is 5.44. The first-order chi connectivity index (χ1) is 13.1. The number of hydrogen-bond acceptors (Lipinski definition) is 3. The van der Waals surface area contributed by atoms with Gasteiger partial charge in [-0.25, -0.2) is 4.79 Å². The fourth-order valence-electron chi connectivity index (χ4n) is 2.64. The van der Waals surface area contributed by atoms with Crippen molar-refractivity contribution in [1.82, 2.24) is 10.6 Å². The Morgan fingerprint density at radius 1 is 1.26 bits per heavy atom. The van der Waals surface area contributed by atoms with Crippen LogP contribution in [0.5, 0.6) is 5.75 Å². The number of rotatable bonds is 5. The lowest BCUT2D eigenvalue weighted by Gasteiger charge is -2.13. The summed E-state index contributed by atoms with van der Waals surface area (Å²) in [6.45, 7) is 3.49. The molecule has 0 bridgehead atoms. The van der Waals surface area contributed by atoms with Crippen LogP contribution in [-0.2, 0) is 4.79 Å². The van der Waals surface area contributed by atoms with Crippen LogP contribution in [-0.4, -0.2) is 38.2 Å². The number of nitrogens with zero attached hydrogens (tertiary/aromatic N) is 1. The lowest BCUT2D eigenvalue weighted by atomic mass is 10.2. The Morgan fingerprint density at radius 2 is 2.07 bits per heavy atom. The molecule has 0 aliphatic carbocycles. The highest BCUT2D eigenvalue weighted by molar-refractivity contribution is 5.94. The number of benzene rings is 2. The molecular weight excluding hydrogens is 342 g/mol. The largest absolute Gasteiger partial charge is 0.484 e. The molecule has 3 rings (SSSR count). The molecule has 0 spiro atoms. The zero-order chi connectivity index (χ0) is 19.1. The second kappa shape index (κ2) is 8.77. The van der Waals surface area contributed by atoms with Gasteiger partial charge in [0, 0.05) is 24.3 Å². The highest BCUT2D eigenvalue weighted by Gasteiger charge is 2.20. The minimum Gasteiger partial charge on any atom is -0.484 e. The zero-order valence-corrected chi connectivity index (χ0v) is 15.1. The molecule has 2 aromatic rings. The molecule has 1 aliphatic rings. The highest BCUT2D eigenvalue weighted by atomic mass is 16.5. The van der Waals surface area contributed by atoms with Crippen LogP contribution in [0, 0.1) is 18.8 Å². The molecular formula is C21H21N3O3. The van der Waals surface area contributed by atoms with Gasteiger partial charge in [-0.2, -0.15) is 0 Å². The van der Waals surface area contributed by atoms with Crippen LogP contribution >= 0.6 is 0 Å². The Labute approximate surface area is 158 Å². The van der Waals surface area contributed by atoms with Crippen molar-refractivity contribution in [2.24, 2.45) is 0 Å². The summed E-state index contributed by atoms with van der Waals surface area (Å²) in [6.07, 6.45) is 0. The molecule has 2 aromatic carbocycles. The van der Waals surface area contributed by atoms with Crippen LogP contribution in [0.2, 0.25) is 0 Å². The first kappa shape index (κ1) is 18.3. The smallest absolute Gasteiger partial charge is 0.321 e. The third kappa shape index (κ3) is 5.25. The van der Waals surface area contributed by atoms with E-state index >= 15 is 0 Å². The first-order valence-electron chi connectivity index (χ1n) is 8.72. The van der Waals surface area contributed by atoms with Gasteiger partial charge in [-0.15, -0.1) is 0 Å². The van der Waals surface area contributed by atoms with Crippen LogP contribution < -0.4 is 20.3 Å². The van der Waals surface area contributed by atoms with Crippen molar-refractivity contribution in [2.75, 3.05) is 31.1 Å². The summed E-state index contributed by atoms with van der Waals surface area (Å²) in [5.74, 6) is 6.34. The number of nitrogens with one attached hydrogen (secondary N) is 2. The average Bonchev–Trinajstić information content (AvgIpc) is 3.10. The molecule has 0 aromatic heterocycles. The van der Waals surface area contributed by atoms with E-state index in [4.69, 9.17) is 4.74 Å². The molecule has 0 atom stereocenters. The van der Waals surface area contributed by atoms with Crippen molar-refractivity contribution in [3.63, 3.8) is 0 Å². The second-order valence-corrected chi connectivity index (χ2v) is 6.11. The summed E-state index contributed by atoms with van der Waals surface area (Å²) in [5.41, 5.74) is 2.75. The van der Waals surface area contributed by atoms with Crippen LogP contribution in [0.4, 0.5) is 10.5 Å². The van der Waals surface area contributed by atoms with Gasteiger partial charge >= 0.3 is 6.03 Å². The molecule has 6 nitrogen and oxygen atoms in total. The molecule has 2 N–H and O–H groups in total. The molecule has 0 unspecified atom stereocenters. The molecule has 0 saturated carbocycles. The normalized spacial score (nSPS) is 12.8. The van der Waals surface area contributed by atoms with Crippen molar-refractivity contribution < 1.29 is 14.3 Å². The van der Waals surface area contributed by atoms with Crippen molar-refractivity contribution in [1.29, 1.82) is 0 Å². The number of urea groups is 1. The topological polar surface area (TPSA) is 70.7 Å². The number of hydrogen-bond donors (Lipinski definition) is 2. The Hall–Kier alpha value is -3.46. The predicted octanol–water partition coefficient (Wildman–Crippen LogP) is 2.07. The Balaban J connectivity index is 1.43. The third-order valence-corrected chi connectivity index (χ3v) is 4.00. The van der Waals surface area contributed by atoms with E-state index in [1.54, 1.807) is 4.90 Å². The fourth-order valence-corrected chi connectivity index (χ4v) is 2.64. The Bertz CT molecular complexity index is 882. The molecule has 27 heavy (non-hydrogen) atoms. The minimum atomic E-state index is -0.221. The number of carbonyl (C=O) groups excluding carboxylic acids is 2. The van der Waals surface area contributed by atoms with Crippen molar-refractivity contribution >= 4 is 17.6 Å². The van der Waals surface area contributed by atoms with Crippen LogP contribution in [0.3, 0.4) is 0 Å². The standard InChI is InChI=1S/C21H21N3O3/c1-16-4-2-6-19(14-16)27-15-20(25)22-11-3-5-17-7-9-18(10-8-17)24-13-12-23-21(24)26/h2,4,6-10,14H,11-13,15H2,1H3,(H,22,25)(H,23,26). The Kier molecular flexibility index (Phi) is 5.95. The molecule has 6 heteroatoms. The summed E-state index contributed by atoms with van der Waals surface area (Å²) in [7, 11) is 0. The predicted molar refractivity (Wildman–Crippen MR) is 104 cm³/mol. The number of anilines is 1. The molecule has 1 saturated heterocycles. The van der Waals surface area contributed by atoms with E-state index in [2.05, 4.69) is 22.5 Å². The van der Waals surface area contributed by atoms with Crippen LogP contribution in [0.25, 0.3) is 0 Å². The summed E-state index contributed by atoms with van der Waals surface area (Å²) in [5, 5.41) is 5.47. The van der Waals surface area contributed by atoms with E-state index in [0.717, 1.165) is 16.8 Å². The van der Waals surface area contributed by atoms with Gasteiger partial charge in [-0.1, -0.05) is 24.0 Å². The van der Waals surface area contributed by atoms with Gasteiger partial charge < -0.3 is 15.4 Å². The van der Waals surface area contributed by atoms with Crippen molar-refractivity contribution in [2.45, 2.75) is 6.92 Å². The lowest BCUT2D eigenvalue weighted by molar-refractivity contribution is -0.122. The maximum atomic E-state index is 11.8. The molecule has 1 aliphatic heterocycles. The SMILES string of the molecule is Cc1cccc(OCC(=O)NCC#Cc2ccc(N3CCNC3=O)cc2)c1. The third-order valence-electron chi connectivity index (χ3n) is 4.00. The molecule has 138 valence electrons. The molecule has 3 amide bonds. The quantitative estimate of drug-likeness (QED) is 0.799. The number of carbonyl (C=O) groups is 2.